The van der Waals surface area contributed by atoms with Gasteiger partial charge in [0.1, 0.15) is 17.3 Å². The van der Waals surface area contributed by atoms with Gasteiger partial charge < -0.3 is 14.8 Å². The molecule has 0 saturated heterocycles. The average molecular weight is 360 g/mol. The van der Waals surface area contributed by atoms with Gasteiger partial charge in [-0.3, -0.25) is 4.79 Å². The third-order valence-corrected chi connectivity index (χ3v) is 3.34. The molecule has 0 heterocycles. The maximum atomic E-state index is 13.7. The molecule has 8 heteroatoms. The molecule has 0 saturated carbocycles. The first-order chi connectivity index (χ1) is 11.4. The van der Waals surface area contributed by atoms with Gasteiger partial charge in [-0.15, -0.1) is 0 Å². The van der Waals surface area contributed by atoms with Gasteiger partial charge in [-0.25, -0.2) is 4.39 Å². The normalized spacial score (nSPS) is 10.6. The molecule has 1 amide bonds. The number of amides is 1. The first kappa shape index (κ1) is 17.9. The number of carbonyl (C=O) groups excluding carboxylic acids is 1. The van der Waals surface area contributed by atoms with Crippen LogP contribution in [0.3, 0.4) is 0 Å². The van der Waals surface area contributed by atoms with Crippen molar-refractivity contribution in [3.8, 4) is 11.5 Å². The summed E-state index contributed by atoms with van der Waals surface area (Å²) >= 11 is 5.65. The van der Waals surface area contributed by atoms with E-state index in [1.165, 1.54) is 37.4 Å². The number of hydrogen-bond donors (Lipinski definition) is 1. The first-order valence-corrected chi connectivity index (χ1v) is 7.13. The number of ether oxygens (including phenoxy) is 2. The van der Waals surface area contributed by atoms with Crippen molar-refractivity contribution in [3.63, 3.8) is 0 Å². The lowest BCUT2D eigenvalue weighted by Crippen LogP contribution is -2.24. The van der Waals surface area contributed by atoms with Crippen LogP contribution in [0.15, 0.2) is 36.4 Å². The molecule has 24 heavy (non-hydrogen) atoms. The van der Waals surface area contributed by atoms with Crippen molar-refractivity contribution in [3.05, 3.63) is 58.4 Å². The summed E-state index contributed by atoms with van der Waals surface area (Å²) in [5, 5.41) is 2.67. The van der Waals surface area contributed by atoms with E-state index in [4.69, 9.17) is 16.3 Å². The van der Waals surface area contributed by atoms with Crippen LogP contribution in [0, 0.1) is 5.82 Å². The Balaban J connectivity index is 2.16. The topological polar surface area (TPSA) is 47.6 Å². The minimum absolute atomic E-state index is 0.120. The van der Waals surface area contributed by atoms with Gasteiger partial charge in [0.2, 0.25) is 0 Å². The Kier molecular flexibility index (Phi) is 5.92. The van der Waals surface area contributed by atoms with Gasteiger partial charge in [0, 0.05) is 23.2 Å². The molecule has 0 aliphatic heterocycles. The van der Waals surface area contributed by atoms with E-state index in [1.54, 1.807) is 0 Å². The average Bonchev–Trinajstić information content (AvgIpc) is 2.53. The molecule has 2 rings (SSSR count). The molecule has 0 aromatic heterocycles. The smallest absolute Gasteiger partial charge is 0.387 e. The summed E-state index contributed by atoms with van der Waals surface area (Å²) in [6.45, 7) is -3.24. The summed E-state index contributed by atoms with van der Waals surface area (Å²) in [4.78, 5) is 12.2. The molecular formula is C16H13ClF3NO3. The van der Waals surface area contributed by atoms with E-state index in [9.17, 15) is 18.0 Å². The lowest BCUT2D eigenvalue weighted by molar-refractivity contribution is -0.0502. The Bertz CT molecular complexity index is 741. The Morgan fingerprint density at radius 3 is 2.62 bits per heavy atom. The van der Waals surface area contributed by atoms with Gasteiger partial charge in [-0.05, 0) is 24.3 Å². The van der Waals surface area contributed by atoms with Crippen LogP contribution in [0.25, 0.3) is 0 Å². The SMILES string of the molecule is COc1ccc(C(=O)NCc2ccc(Cl)cc2F)c(OC(F)F)c1. The van der Waals surface area contributed by atoms with Crippen LogP contribution in [0.5, 0.6) is 11.5 Å². The number of alkyl halides is 2. The van der Waals surface area contributed by atoms with Gasteiger partial charge >= 0.3 is 6.61 Å². The van der Waals surface area contributed by atoms with E-state index in [-0.39, 0.29) is 34.2 Å². The number of rotatable bonds is 6. The predicted octanol–water partition coefficient (Wildman–Crippen LogP) is 4.02. The highest BCUT2D eigenvalue weighted by molar-refractivity contribution is 6.30. The van der Waals surface area contributed by atoms with Crippen LogP contribution in [-0.4, -0.2) is 19.6 Å². The molecule has 128 valence electrons. The van der Waals surface area contributed by atoms with E-state index >= 15 is 0 Å². The number of halogens is 4. The Morgan fingerprint density at radius 2 is 2.00 bits per heavy atom. The quantitative estimate of drug-likeness (QED) is 0.847. The standard InChI is InChI=1S/C16H13ClF3NO3/c1-23-11-4-5-12(14(7-11)24-16(19)20)15(22)21-8-9-2-3-10(17)6-13(9)18/h2-7,16H,8H2,1H3,(H,21,22). The van der Waals surface area contributed by atoms with Gasteiger partial charge in [0.25, 0.3) is 5.91 Å². The molecule has 2 aromatic carbocycles. The van der Waals surface area contributed by atoms with Crippen molar-refractivity contribution in [2.45, 2.75) is 13.2 Å². The Hall–Kier alpha value is -2.41. The van der Waals surface area contributed by atoms with Gasteiger partial charge in [0.15, 0.2) is 0 Å². The lowest BCUT2D eigenvalue weighted by atomic mass is 10.1. The molecule has 0 aliphatic rings. The second kappa shape index (κ2) is 7.92. The summed E-state index contributed by atoms with van der Waals surface area (Å²) in [7, 11) is 1.35. The molecule has 1 N–H and O–H groups in total. The highest BCUT2D eigenvalue weighted by Crippen LogP contribution is 2.26. The summed E-state index contributed by atoms with van der Waals surface area (Å²) in [6, 6.07) is 7.89. The maximum Gasteiger partial charge on any atom is 0.387 e. The summed E-state index contributed by atoms with van der Waals surface area (Å²) in [6.07, 6.45) is 0. The molecule has 0 bridgehead atoms. The van der Waals surface area contributed by atoms with Gasteiger partial charge in [-0.1, -0.05) is 17.7 Å². The van der Waals surface area contributed by atoms with Crippen molar-refractivity contribution in [1.82, 2.24) is 5.32 Å². The van der Waals surface area contributed by atoms with Gasteiger partial charge in [0.05, 0.1) is 12.7 Å². The van der Waals surface area contributed by atoms with Crippen LogP contribution in [-0.2, 0) is 6.54 Å². The van der Waals surface area contributed by atoms with Crippen LogP contribution in [0.1, 0.15) is 15.9 Å². The minimum Gasteiger partial charge on any atom is -0.497 e. The van der Waals surface area contributed by atoms with E-state index in [1.807, 2.05) is 0 Å². The van der Waals surface area contributed by atoms with Crippen LogP contribution in [0.4, 0.5) is 13.2 Å². The third-order valence-electron chi connectivity index (χ3n) is 3.10. The first-order valence-electron chi connectivity index (χ1n) is 6.75. The number of hydrogen-bond acceptors (Lipinski definition) is 3. The molecule has 0 fully saturated rings. The molecule has 0 aliphatic carbocycles. The van der Waals surface area contributed by atoms with Crippen molar-refractivity contribution in [2.75, 3.05) is 7.11 Å². The van der Waals surface area contributed by atoms with Crippen molar-refractivity contribution in [1.29, 1.82) is 0 Å². The van der Waals surface area contributed by atoms with E-state index < -0.39 is 18.3 Å². The van der Waals surface area contributed by atoms with E-state index in [0.717, 1.165) is 6.07 Å². The number of methoxy groups -OCH3 is 1. The molecular weight excluding hydrogens is 347 g/mol. The third kappa shape index (κ3) is 4.55. The zero-order chi connectivity index (χ0) is 17.7. The molecule has 2 aromatic rings. The maximum absolute atomic E-state index is 13.7. The highest BCUT2D eigenvalue weighted by atomic mass is 35.5. The predicted molar refractivity (Wildman–Crippen MR) is 82.2 cm³/mol. The van der Waals surface area contributed by atoms with Crippen LogP contribution < -0.4 is 14.8 Å². The lowest BCUT2D eigenvalue weighted by Gasteiger charge is -2.12. The summed E-state index contributed by atoms with van der Waals surface area (Å²) in [5.74, 6) is -1.35. The van der Waals surface area contributed by atoms with Crippen molar-refractivity contribution >= 4 is 17.5 Å². The largest absolute Gasteiger partial charge is 0.497 e. The fourth-order valence-electron chi connectivity index (χ4n) is 1.95. The Morgan fingerprint density at radius 1 is 1.25 bits per heavy atom. The Labute approximate surface area is 141 Å². The van der Waals surface area contributed by atoms with Gasteiger partial charge in [-0.2, -0.15) is 8.78 Å². The zero-order valence-electron chi connectivity index (χ0n) is 12.5. The zero-order valence-corrected chi connectivity index (χ0v) is 13.2. The van der Waals surface area contributed by atoms with Crippen molar-refractivity contribution < 1.29 is 27.4 Å². The molecule has 0 atom stereocenters. The minimum atomic E-state index is -3.10. The number of nitrogens with one attached hydrogen (secondary N) is 1. The molecule has 4 nitrogen and oxygen atoms in total. The van der Waals surface area contributed by atoms with Crippen LogP contribution >= 0.6 is 11.6 Å². The fourth-order valence-corrected chi connectivity index (χ4v) is 2.11. The second-order valence-corrected chi connectivity index (χ2v) is 5.10. The van der Waals surface area contributed by atoms with E-state index in [2.05, 4.69) is 10.1 Å². The number of benzene rings is 2. The summed E-state index contributed by atoms with van der Waals surface area (Å²) in [5.41, 5.74) is 0.0862. The second-order valence-electron chi connectivity index (χ2n) is 4.66. The highest BCUT2D eigenvalue weighted by Gasteiger charge is 2.17. The molecule has 0 spiro atoms. The monoisotopic (exact) mass is 359 g/mol. The molecule has 0 unspecified atom stereocenters. The number of carbonyl (C=O) groups is 1. The summed E-state index contributed by atoms with van der Waals surface area (Å²) < 4.78 is 47.9. The molecule has 0 radical (unpaired) electrons. The van der Waals surface area contributed by atoms with E-state index in [0.29, 0.717) is 0 Å². The van der Waals surface area contributed by atoms with Crippen LogP contribution in [0.2, 0.25) is 5.02 Å². The fraction of sp³-hybridized carbons (Fsp3) is 0.188. The van der Waals surface area contributed by atoms with Crippen molar-refractivity contribution in [2.24, 2.45) is 0 Å².